The second-order valence-corrected chi connectivity index (χ2v) is 2.34. The van der Waals surface area contributed by atoms with Crippen molar-refractivity contribution in [2.75, 3.05) is 6.54 Å². The lowest BCUT2D eigenvalue weighted by molar-refractivity contribution is -0.138. The van der Waals surface area contributed by atoms with Crippen LogP contribution in [0.3, 0.4) is 0 Å². The molecule has 0 heterocycles. The molecular formula is C6H14N4O2. The Hall–Kier alpha value is -1.30. The van der Waals surface area contributed by atoms with Crippen LogP contribution in [-0.2, 0) is 4.79 Å². The van der Waals surface area contributed by atoms with Crippen molar-refractivity contribution in [3.8, 4) is 0 Å². The molecule has 0 spiro atoms. The standard InChI is InChI=1S/C6H14N4O2/c7-4(5(11)12)2-1-3-10-6(8)9/h4H,1-3,7H2,(H,11,12)(H4,8,9,10)/t4-/m0/s1/i/hD. The van der Waals surface area contributed by atoms with Crippen LogP contribution in [0.4, 0.5) is 0 Å². The zero-order valence-corrected chi connectivity index (χ0v) is 6.66. The minimum atomic E-state index is -1.04. The van der Waals surface area contributed by atoms with Crippen molar-refractivity contribution in [3.63, 3.8) is 0 Å². The van der Waals surface area contributed by atoms with E-state index in [-0.39, 0.29) is 5.96 Å². The number of nitrogens with two attached hydrogens (primary N) is 3. The Balaban J connectivity index is 3.62. The molecule has 0 aliphatic carbocycles. The van der Waals surface area contributed by atoms with Crippen LogP contribution in [0.25, 0.3) is 0 Å². The summed E-state index contributed by atoms with van der Waals surface area (Å²) >= 11 is 0. The van der Waals surface area contributed by atoms with E-state index < -0.39 is 12.0 Å². The van der Waals surface area contributed by atoms with E-state index in [0.29, 0.717) is 19.4 Å². The fraction of sp³-hybridized carbons (Fsp3) is 0.667. The van der Waals surface area contributed by atoms with Gasteiger partial charge in [-0.2, -0.15) is 0 Å². The zero-order chi connectivity index (χ0) is 10.3. The van der Waals surface area contributed by atoms with Gasteiger partial charge in [-0.1, -0.05) is 0 Å². The third kappa shape index (κ3) is 5.48. The highest BCUT2D eigenvalue weighted by Crippen LogP contribution is 1.94. The normalized spacial score (nSPS) is 13.2. The molecule has 12 heavy (non-hydrogen) atoms. The van der Waals surface area contributed by atoms with E-state index in [4.69, 9.17) is 18.0 Å². The van der Waals surface area contributed by atoms with Crippen LogP contribution >= 0.6 is 0 Å². The molecule has 6 heteroatoms. The molecule has 7 N–H and O–H groups in total. The molecule has 0 unspecified atom stereocenters. The van der Waals surface area contributed by atoms with Crippen LogP contribution in [0.15, 0.2) is 4.99 Å². The molecule has 0 fully saturated rings. The number of carbonyl (C=O) groups is 1. The van der Waals surface area contributed by atoms with Crippen LogP contribution in [-0.4, -0.2) is 29.6 Å². The topological polar surface area (TPSA) is 128 Å². The first-order valence-corrected chi connectivity index (χ1v) is 3.53. The van der Waals surface area contributed by atoms with Gasteiger partial charge in [-0.05, 0) is 12.8 Å². The molecule has 0 aromatic carbocycles. The van der Waals surface area contributed by atoms with E-state index in [1.807, 2.05) is 5.73 Å². The Labute approximate surface area is 71.9 Å². The predicted molar refractivity (Wildman–Crippen MR) is 45.5 cm³/mol. The Kier molecular flexibility index (Phi) is 3.93. The molecule has 0 amide bonds. The number of guanidine groups is 1. The second kappa shape index (κ2) is 5.36. The Morgan fingerprint density at radius 1 is 1.67 bits per heavy atom. The first-order valence-electron chi connectivity index (χ1n) is 4.03. The summed E-state index contributed by atoms with van der Waals surface area (Å²) in [5.41, 5.74) is 12.0. The number of rotatable bonds is 6. The minimum Gasteiger partial charge on any atom is -0.480 e. The van der Waals surface area contributed by atoms with Gasteiger partial charge in [-0.3, -0.25) is 9.79 Å². The number of aliphatic carboxylic acids is 1. The molecule has 0 aromatic rings. The van der Waals surface area contributed by atoms with Crippen LogP contribution < -0.4 is 17.2 Å². The fourth-order valence-electron chi connectivity index (χ4n) is 0.627. The third-order valence-corrected chi connectivity index (χ3v) is 1.24. The number of carboxylic acid groups (broad SMARTS) is 1. The van der Waals surface area contributed by atoms with Gasteiger partial charge in [0.15, 0.2) is 5.96 Å². The van der Waals surface area contributed by atoms with Crippen molar-refractivity contribution < 1.29 is 11.3 Å². The molecule has 0 aliphatic heterocycles. The number of aliphatic imine (C=N–C) groups is 1. The fourth-order valence-corrected chi connectivity index (χ4v) is 0.627. The van der Waals surface area contributed by atoms with Crippen molar-refractivity contribution in [2.45, 2.75) is 18.9 Å². The van der Waals surface area contributed by atoms with Crippen molar-refractivity contribution in [3.05, 3.63) is 0 Å². The lowest BCUT2D eigenvalue weighted by Crippen LogP contribution is -2.30. The Morgan fingerprint density at radius 2 is 2.33 bits per heavy atom. The second-order valence-electron chi connectivity index (χ2n) is 2.34. The van der Waals surface area contributed by atoms with Gasteiger partial charge < -0.3 is 22.3 Å². The SMILES string of the molecule is [2H]N[C@@H](CCCN=C(N)N)C(=O)O. The number of hydrogen-bond donors (Lipinski definition) is 4. The van der Waals surface area contributed by atoms with E-state index in [0.717, 1.165) is 0 Å². The maximum Gasteiger partial charge on any atom is 0.320 e. The van der Waals surface area contributed by atoms with Crippen LogP contribution in [0.1, 0.15) is 12.8 Å². The van der Waals surface area contributed by atoms with E-state index in [2.05, 4.69) is 4.99 Å². The first kappa shape index (κ1) is 8.79. The first-order chi connectivity index (χ1) is 6.07. The molecule has 0 saturated heterocycles. The quantitative estimate of drug-likeness (QED) is 0.221. The lowest BCUT2D eigenvalue weighted by Gasteiger charge is -2.03. The average Bonchev–Trinajstić information content (AvgIpc) is 2.03. The summed E-state index contributed by atoms with van der Waals surface area (Å²) in [6.45, 7) is 0.383. The Bertz CT molecular complexity index is 193. The van der Waals surface area contributed by atoms with Gasteiger partial charge in [-0.15, -0.1) is 0 Å². The third-order valence-electron chi connectivity index (χ3n) is 1.24. The molecule has 70 valence electrons. The summed E-state index contributed by atoms with van der Waals surface area (Å²) < 4.78 is 6.69. The van der Waals surface area contributed by atoms with Crippen molar-refractivity contribution in [1.29, 1.82) is 0 Å². The van der Waals surface area contributed by atoms with Gasteiger partial charge in [0.25, 0.3) is 0 Å². The average molecular weight is 175 g/mol. The van der Waals surface area contributed by atoms with Crippen LogP contribution in [0.2, 0.25) is 1.41 Å². The Morgan fingerprint density at radius 3 is 2.75 bits per heavy atom. The molecule has 1 atom stereocenters. The van der Waals surface area contributed by atoms with Crippen LogP contribution in [0.5, 0.6) is 0 Å². The summed E-state index contributed by atoms with van der Waals surface area (Å²) in [5.74, 6) is -1.05. The minimum absolute atomic E-state index is 0.00860. The summed E-state index contributed by atoms with van der Waals surface area (Å²) in [5, 5.41) is 8.51. The number of carboxylic acids is 1. The predicted octanol–water partition coefficient (Wildman–Crippen LogP) is -1.55. The molecule has 0 saturated carbocycles. The van der Waals surface area contributed by atoms with Gasteiger partial charge in [-0.25, -0.2) is 0 Å². The monoisotopic (exact) mass is 175 g/mol. The molecule has 6 nitrogen and oxygen atoms in total. The highest BCUT2D eigenvalue weighted by Gasteiger charge is 2.09. The number of hydrogen-bond acceptors (Lipinski definition) is 3. The molecule has 0 rings (SSSR count). The van der Waals surface area contributed by atoms with Gasteiger partial charge in [0.05, 0.1) is 0 Å². The van der Waals surface area contributed by atoms with E-state index in [1.54, 1.807) is 0 Å². The summed E-state index contributed by atoms with van der Waals surface area (Å²) in [7, 11) is 0. The largest absolute Gasteiger partial charge is 0.480 e. The van der Waals surface area contributed by atoms with E-state index >= 15 is 0 Å². The molecule has 0 aromatic heterocycles. The number of nitrogens with zero attached hydrogens (tertiary/aromatic N) is 1. The zero-order valence-electron chi connectivity index (χ0n) is 7.66. The van der Waals surface area contributed by atoms with Gasteiger partial charge in [0.2, 0.25) is 0 Å². The van der Waals surface area contributed by atoms with Crippen molar-refractivity contribution in [2.24, 2.45) is 22.2 Å². The molecule has 0 radical (unpaired) electrons. The van der Waals surface area contributed by atoms with Crippen LogP contribution in [0, 0.1) is 0 Å². The van der Waals surface area contributed by atoms with Gasteiger partial charge >= 0.3 is 5.97 Å². The summed E-state index contributed by atoms with van der Waals surface area (Å²) in [6, 6.07) is -0.853. The van der Waals surface area contributed by atoms with Gasteiger partial charge in [0.1, 0.15) is 7.45 Å². The van der Waals surface area contributed by atoms with Crippen molar-refractivity contribution in [1.82, 2.24) is 0 Å². The van der Waals surface area contributed by atoms with E-state index in [9.17, 15) is 4.79 Å². The summed E-state index contributed by atoms with van der Waals surface area (Å²) in [6.07, 6.45) is 0.858. The highest BCUT2D eigenvalue weighted by atomic mass is 16.4. The summed E-state index contributed by atoms with van der Waals surface area (Å²) in [4.78, 5) is 14.1. The molecule has 0 aliphatic rings. The maximum absolute atomic E-state index is 10.4. The van der Waals surface area contributed by atoms with Gasteiger partial charge in [0, 0.05) is 6.54 Å². The van der Waals surface area contributed by atoms with E-state index in [1.165, 1.54) is 0 Å². The molecular weight excluding hydrogens is 160 g/mol. The van der Waals surface area contributed by atoms with Crippen molar-refractivity contribution >= 4 is 11.9 Å². The highest BCUT2D eigenvalue weighted by molar-refractivity contribution is 5.75. The smallest absolute Gasteiger partial charge is 0.320 e. The molecule has 0 bridgehead atoms. The lowest BCUT2D eigenvalue weighted by atomic mass is 10.2. The maximum atomic E-state index is 10.4.